The number of carbonyl (C=O) groups is 1. The highest BCUT2D eigenvalue weighted by Crippen LogP contribution is 2.18. The van der Waals surface area contributed by atoms with Gasteiger partial charge in [0.15, 0.2) is 11.6 Å². The minimum atomic E-state index is 0.0161. The van der Waals surface area contributed by atoms with Crippen LogP contribution in [0.25, 0.3) is 5.82 Å². The first kappa shape index (κ1) is 14.5. The average molecular weight is 300 g/mol. The zero-order chi connectivity index (χ0) is 15.5. The summed E-state index contributed by atoms with van der Waals surface area (Å²) in [5.74, 6) is 1.55. The average Bonchev–Trinajstić information content (AvgIpc) is 2.94. The number of hydrogen-bond donors (Lipinski definition) is 1. The first-order valence-corrected chi connectivity index (χ1v) is 7.50. The lowest BCUT2D eigenvalue weighted by Crippen LogP contribution is -2.47. The SMILES string of the molecule is CC(=O)N[C@@H]1CCCN(c2ccc(-n3ccc(C)n3)nn2)C1. The zero-order valence-electron chi connectivity index (χ0n) is 12.9. The van der Waals surface area contributed by atoms with Crippen molar-refractivity contribution < 1.29 is 4.79 Å². The molecule has 1 fully saturated rings. The van der Waals surface area contributed by atoms with Crippen molar-refractivity contribution in [3.63, 3.8) is 0 Å². The van der Waals surface area contributed by atoms with Crippen molar-refractivity contribution in [1.29, 1.82) is 0 Å². The van der Waals surface area contributed by atoms with Crippen LogP contribution >= 0.6 is 0 Å². The maximum Gasteiger partial charge on any atom is 0.217 e. The topological polar surface area (TPSA) is 75.9 Å². The Bertz CT molecular complexity index is 650. The van der Waals surface area contributed by atoms with E-state index in [-0.39, 0.29) is 11.9 Å². The summed E-state index contributed by atoms with van der Waals surface area (Å²) < 4.78 is 1.71. The number of aromatic nitrogens is 4. The van der Waals surface area contributed by atoms with Gasteiger partial charge >= 0.3 is 0 Å². The van der Waals surface area contributed by atoms with E-state index in [1.165, 1.54) is 0 Å². The third-order valence-electron chi connectivity index (χ3n) is 3.75. The van der Waals surface area contributed by atoms with E-state index in [9.17, 15) is 4.79 Å². The molecule has 0 spiro atoms. The highest BCUT2D eigenvalue weighted by molar-refractivity contribution is 5.73. The first-order chi connectivity index (χ1) is 10.6. The van der Waals surface area contributed by atoms with E-state index in [4.69, 9.17) is 0 Å². The molecule has 3 heterocycles. The summed E-state index contributed by atoms with van der Waals surface area (Å²) in [5.41, 5.74) is 0.944. The van der Waals surface area contributed by atoms with Crippen molar-refractivity contribution in [3.05, 3.63) is 30.1 Å². The largest absolute Gasteiger partial charge is 0.353 e. The summed E-state index contributed by atoms with van der Waals surface area (Å²) in [6.45, 7) is 5.20. The lowest BCUT2D eigenvalue weighted by atomic mass is 10.1. The van der Waals surface area contributed by atoms with Gasteiger partial charge in [-0.3, -0.25) is 4.79 Å². The van der Waals surface area contributed by atoms with Gasteiger partial charge in [0.1, 0.15) is 0 Å². The van der Waals surface area contributed by atoms with Gasteiger partial charge in [-0.05, 0) is 38.0 Å². The van der Waals surface area contributed by atoms with Crippen molar-refractivity contribution in [3.8, 4) is 5.82 Å². The molecule has 7 heteroatoms. The first-order valence-electron chi connectivity index (χ1n) is 7.50. The molecule has 7 nitrogen and oxygen atoms in total. The highest BCUT2D eigenvalue weighted by Gasteiger charge is 2.21. The number of anilines is 1. The summed E-state index contributed by atoms with van der Waals surface area (Å²) in [5, 5.41) is 15.8. The van der Waals surface area contributed by atoms with Crippen LogP contribution in [0.2, 0.25) is 0 Å². The van der Waals surface area contributed by atoms with Crippen molar-refractivity contribution in [2.75, 3.05) is 18.0 Å². The van der Waals surface area contributed by atoms with Gasteiger partial charge in [-0.2, -0.15) is 5.10 Å². The Hall–Kier alpha value is -2.44. The normalized spacial score (nSPS) is 18.3. The van der Waals surface area contributed by atoms with Gasteiger partial charge in [-0.25, -0.2) is 4.68 Å². The van der Waals surface area contributed by atoms with Crippen LogP contribution in [0.3, 0.4) is 0 Å². The van der Waals surface area contributed by atoms with Crippen LogP contribution in [-0.4, -0.2) is 45.0 Å². The van der Waals surface area contributed by atoms with E-state index in [0.717, 1.165) is 37.4 Å². The summed E-state index contributed by atoms with van der Waals surface area (Å²) in [4.78, 5) is 13.4. The lowest BCUT2D eigenvalue weighted by molar-refractivity contribution is -0.119. The van der Waals surface area contributed by atoms with Crippen LogP contribution in [0.4, 0.5) is 5.82 Å². The molecular weight excluding hydrogens is 280 g/mol. The van der Waals surface area contributed by atoms with E-state index < -0.39 is 0 Å². The summed E-state index contributed by atoms with van der Waals surface area (Å²) >= 11 is 0. The molecule has 1 aliphatic rings. The fourth-order valence-electron chi connectivity index (χ4n) is 2.74. The number of piperidine rings is 1. The van der Waals surface area contributed by atoms with E-state index in [0.29, 0.717) is 5.82 Å². The Morgan fingerprint density at radius 2 is 2.05 bits per heavy atom. The van der Waals surface area contributed by atoms with Crippen molar-refractivity contribution in [2.45, 2.75) is 32.7 Å². The van der Waals surface area contributed by atoms with E-state index in [2.05, 4.69) is 25.5 Å². The fourth-order valence-corrected chi connectivity index (χ4v) is 2.74. The van der Waals surface area contributed by atoms with Gasteiger partial charge in [-0.15, -0.1) is 10.2 Å². The molecule has 0 bridgehead atoms. The minimum Gasteiger partial charge on any atom is -0.353 e. The van der Waals surface area contributed by atoms with Crippen LogP contribution in [0.15, 0.2) is 24.4 Å². The molecule has 1 aliphatic heterocycles. The molecule has 22 heavy (non-hydrogen) atoms. The molecule has 1 amide bonds. The van der Waals surface area contributed by atoms with E-state index >= 15 is 0 Å². The summed E-state index contributed by atoms with van der Waals surface area (Å²) in [6, 6.07) is 5.98. The van der Waals surface area contributed by atoms with E-state index in [1.807, 2.05) is 31.3 Å². The van der Waals surface area contributed by atoms with Crippen LogP contribution in [0, 0.1) is 6.92 Å². The number of carbonyl (C=O) groups excluding carboxylic acids is 1. The Kier molecular flexibility index (Phi) is 4.04. The molecule has 0 unspecified atom stereocenters. The molecule has 0 aliphatic carbocycles. The molecule has 0 saturated carbocycles. The van der Waals surface area contributed by atoms with Crippen molar-refractivity contribution >= 4 is 11.7 Å². The maximum atomic E-state index is 11.2. The Morgan fingerprint density at radius 3 is 2.68 bits per heavy atom. The lowest BCUT2D eigenvalue weighted by Gasteiger charge is -2.33. The molecule has 2 aromatic rings. The number of nitrogens with one attached hydrogen (secondary N) is 1. The minimum absolute atomic E-state index is 0.0161. The smallest absolute Gasteiger partial charge is 0.217 e. The van der Waals surface area contributed by atoms with Crippen LogP contribution in [-0.2, 0) is 4.79 Å². The Balaban J connectivity index is 1.71. The standard InChI is InChI=1S/C15H20N6O/c1-11-7-9-21(19-11)15-6-5-14(17-18-15)20-8-3-4-13(10-20)16-12(2)22/h5-7,9,13H,3-4,8,10H2,1-2H3,(H,16,22)/t13-/m1/s1. The number of rotatable bonds is 3. The van der Waals surface area contributed by atoms with Gasteiger partial charge in [0, 0.05) is 32.3 Å². The fraction of sp³-hybridized carbons (Fsp3) is 0.467. The number of aryl methyl sites for hydroxylation is 1. The van der Waals surface area contributed by atoms with Gasteiger partial charge in [0.05, 0.1) is 5.69 Å². The molecular formula is C15H20N6O. The van der Waals surface area contributed by atoms with Gasteiger partial charge in [-0.1, -0.05) is 0 Å². The van der Waals surface area contributed by atoms with Gasteiger partial charge in [0.25, 0.3) is 0 Å². The molecule has 116 valence electrons. The zero-order valence-corrected chi connectivity index (χ0v) is 12.9. The number of amides is 1. The van der Waals surface area contributed by atoms with Crippen LogP contribution < -0.4 is 10.2 Å². The van der Waals surface area contributed by atoms with Gasteiger partial charge in [0.2, 0.25) is 5.91 Å². The molecule has 2 aromatic heterocycles. The second-order valence-electron chi connectivity index (χ2n) is 5.64. The molecule has 1 saturated heterocycles. The second-order valence-corrected chi connectivity index (χ2v) is 5.64. The van der Waals surface area contributed by atoms with E-state index in [1.54, 1.807) is 11.6 Å². The maximum absolute atomic E-state index is 11.2. The Labute approximate surface area is 129 Å². The quantitative estimate of drug-likeness (QED) is 0.918. The van der Waals surface area contributed by atoms with Crippen LogP contribution in [0.5, 0.6) is 0 Å². The molecule has 1 N–H and O–H groups in total. The molecule has 3 rings (SSSR count). The highest BCUT2D eigenvalue weighted by atomic mass is 16.1. The number of nitrogens with zero attached hydrogens (tertiary/aromatic N) is 5. The van der Waals surface area contributed by atoms with Gasteiger partial charge < -0.3 is 10.2 Å². The Morgan fingerprint density at radius 1 is 1.27 bits per heavy atom. The molecule has 1 atom stereocenters. The predicted molar refractivity (Wildman–Crippen MR) is 82.9 cm³/mol. The van der Waals surface area contributed by atoms with Crippen LogP contribution in [0.1, 0.15) is 25.5 Å². The monoisotopic (exact) mass is 300 g/mol. The molecule has 0 radical (unpaired) electrons. The third-order valence-corrected chi connectivity index (χ3v) is 3.75. The second kappa shape index (κ2) is 6.13. The predicted octanol–water partition coefficient (Wildman–Crippen LogP) is 1.08. The summed E-state index contributed by atoms with van der Waals surface area (Å²) in [7, 11) is 0. The number of hydrogen-bond acceptors (Lipinski definition) is 5. The molecule has 0 aromatic carbocycles. The summed E-state index contributed by atoms with van der Waals surface area (Å²) in [6.07, 6.45) is 3.91. The third kappa shape index (κ3) is 3.24. The van der Waals surface area contributed by atoms with Crippen molar-refractivity contribution in [2.24, 2.45) is 0 Å². The van der Waals surface area contributed by atoms with Crippen molar-refractivity contribution in [1.82, 2.24) is 25.3 Å².